The van der Waals surface area contributed by atoms with Crippen LogP contribution in [0.15, 0.2) is 18.2 Å². The Morgan fingerprint density at radius 1 is 1.40 bits per heavy atom. The second-order valence-electron chi connectivity index (χ2n) is 5.90. The van der Waals surface area contributed by atoms with Gasteiger partial charge in [0, 0.05) is 24.4 Å². The molecular weight excluding hydrogens is 275 g/mol. The van der Waals surface area contributed by atoms with E-state index in [1.807, 2.05) is 6.07 Å². The van der Waals surface area contributed by atoms with Gasteiger partial charge in [-0.25, -0.2) is 9.37 Å². The lowest BCUT2D eigenvalue weighted by Crippen LogP contribution is -2.19. The molecule has 0 amide bonds. The Bertz CT molecular complexity index is 608. The quantitative estimate of drug-likeness (QED) is 0.750. The third-order valence-corrected chi connectivity index (χ3v) is 4.51. The molecule has 0 aliphatic heterocycles. The second-order valence-corrected chi connectivity index (χ2v) is 6.27. The van der Waals surface area contributed by atoms with Gasteiger partial charge in [-0.1, -0.05) is 19.8 Å². The van der Waals surface area contributed by atoms with Crippen LogP contribution in [0.5, 0.6) is 0 Å². The summed E-state index contributed by atoms with van der Waals surface area (Å²) in [7, 11) is 0. The Hall–Kier alpha value is -1.09. The van der Waals surface area contributed by atoms with E-state index in [2.05, 4.69) is 16.5 Å². The van der Waals surface area contributed by atoms with Gasteiger partial charge >= 0.3 is 0 Å². The third-order valence-electron chi connectivity index (χ3n) is 4.32. The van der Waals surface area contributed by atoms with Gasteiger partial charge < -0.3 is 4.57 Å². The van der Waals surface area contributed by atoms with Crippen molar-refractivity contribution in [2.45, 2.75) is 45.1 Å². The number of benzene rings is 1. The molecule has 1 aliphatic rings. The zero-order valence-electron chi connectivity index (χ0n) is 11.8. The summed E-state index contributed by atoms with van der Waals surface area (Å²) in [4.78, 5) is 4.60. The maximum atomic E-state index is 13.4. The van der Waals surface area contributed by atoms with Crippen LogP contribution in [0, 0.1) is 11.7 Å². The van der Waals surface area contributed by atoms with E-state index in [4.69, 9.17) is 11.6 Å². The van der Waals surface area contributed by atoms with Crippen LogP contribution < -0.4 is 0 Å². The van der Waals surface area contributed by atoms with Crippen molar-refractivity contribution in [1.29, 1.82) is 0 Å². The largest absolute Gasteiger partial charge is 0.325 e. The molecule has 1 fully saturated rings. The maximum Gasteiger partial charge on any atom is 0.125 e. The second kappa shape index (κ2) is 5.72. The van der Waals surface area contributed by atoms with E-state index in [1.165, 1.54) is 37.8 Å². The Balaban J connectivity index is 2.08. The number of hydrogen-bond donors (Lipinski definition) is 0. The van der Waals surface area contributed by atoms with Gasteiger partial charge in [-0.2, -0.15) is 0 Å². The molecule has 2 unspecified atom stereocenters. The average Bonchev–Trinajstić information content (AvgIpc) is 2.76. The first-order valence-corrected chi connectivity index (χ1v) is 7.95. The fraction of sp³-hybridized carbons (Fsp3) is 0.562. The summed E-state index contributed by atoms with van der Waals surface area (Å²) < 4.78 is 15.7. The molecule has 0 saturated heterocycles. The molecule has 2 atom stereocenters. The molecule has 0 radical (unpaired) electrons. The zero-order valence-corrected chi connectivity index (χ0v) is 12.5. The van der Waals surface area contributed by atoms with Gasteiger partial charge in [0.15, 0.2) is 0 Å². The van der Waals surface area contributed by atoms with Crippen LogP contribution in [0.1, 0.15) is 44.5 Å². The highest BCUT2D eigenvalue weighted by Gasteiger charge is 2.24. The molecule has 2 aromatic rings. The summed E-state index contributed by atoms with van der Waals surface area (Å²) in [6.45, 7) is 2.31. The molecule has 0 spiro atoms. The zero-order chi connectivity index (χ0) is 14.1. The van der Waals surface area contributed by atoms with Crippen LogP contribution in [0.25, 0.3) is 11.0 Å². The van der Waals surface area contributed by atoms with Crippen molar-refractivity contribution >= 4 is 22.6 Å². The van der Waals surface area contributed by atoms with Crippen LogP contribution >= 0.6 is 11.6 Å². The number of halogens is 2. The predicted molar refractivity (Wildman–Crippen MR) is 80.8 cm³/mol. The molecule has 20 heavy (non-hydrogen) atoms. The molecule has 0 bridgehead atoms. The smallest absolute Gasteiger partial charge is 0.125 e. The van der Waals surface area contributed by atoms with Crippen molar-refractivity contribution in [3.05, 3.63) is 29.8 Å². The highest BCUT2D eigenvalue weighted by Crippen LogP contribution is 2.35. The van der Waals surface area contributed by atoms with Crippen LogP contribution in [-0.4, -0.2) is 15.4 Å². The van der Waals surface area contributed by atoms with Crippen molar-refractivity contribution in [2.24, 2.45) is 5.92 Å². The van der Waals surface area contributed by atoms with Crippen LogP contribution in [-0.2, 0) is 6.42 Å². The summed E-state index contributed by atoms with van der Waals surface area (Å²) in [5.74, 6) is 2.07. The first-order chi connectivity index (χ1) is 9.69. The van der Waals surface area contributed by atoms with Gasteiger partial charge in [-0.05, 0) is 30.9 Å². The minimum atomic E-state index is -0.225. The monoisotopic (exact) mass is 294 g/mol. The number of aromatic nitrogens is 2. The Kier molecular flexibility index (Phi) is 3.97. The highest BCUT2D eigenvalue weighted by molar-refractivity contribution is 6.17. The lowest BCUT2D eigenvalue weighted by Gasteiger charge is -2.29. The maximum absolute atomic E-state index is 13.4. The Labute approximate surface area is 123 Å². The number of rotatable bonds is 3. The number of hydrogen-bond acceptors (Lipinski definition) is 1. The van der Waals surface area contributed by atoms with Crippen molar-refractivity contribution < 1.29 is 4.39 Å². The minimum absolute atomic E-state index is 0.225. The molecule has 2 nitrogen and oxygen atoms in total. The number of fused-ring (bicyclic) bond motifs is 1. The molecule has 1 aliphatic carbocycles. The molecule has 1 aromatic carbocycles. The summed E-state index contributed by atoms with van der Waals surface area (Å²) in [5, 5.41) is 0. The Morgan fingerprint density at radius 2 is 2.25 bits per heavy atom. The minimum Gasteiger partial charge on any atom is -0.325 e. The van der Waals surface area contributed by atoms with Crippen molar-refractivity contribution in [1.82, 2.24) is 9.55 Å². The number of imidazole rings is 1. The molecular formula is C16H20ClFN2. The lowest BCUT2D eigenvalue weighted by molar-refractivity contribution is 0.283. The van der Waals surface area contributed by atoms with Crippen molar-refractivity contribution in [3.63, 3.8) is 0 Å². The SMILES string of the molecule is CC1CCCC(n2c(CCCl)nc3cc(F)ccc32)C1. The summed E-state index contributed by atoms with van der Waals surface area (Å²) in [5.41, 5.74) is 1.80. The summed E-state index contributed by atoms with van der Waals surface area (Å²) >= 11 is 5.91. The average molecular weight is 295 g/mol. The molecule has 0 N–H and O–H groups in total. The van der Waals surface area contributed by atoms with Gasteiger partial charge in [0.05, 0.1) is 11.0 Å². The topological polar surface area (TPSA) is 17.8 Å². The molecule has 1 heterocycles. The van der Waals surface area contributed by atoms with Gasteiger partial charge in [0.25, 0.3) is 0 Å². The first kappa shape index (κ1) is 13.9. The first-order valence-electron chi connectivity index (χ1n) is 7.41. The Morgan fingerprint density at radius 3 is 3.00 bits per heavy atom. The molecule has 4 heteroatoms. The number of aryl methyl sites for hydroxylation is 1. The van der Waals surface area contributed by atoms with E-state index < -0.39 is 0 Å². The highest BCUT2D eigenvalue weighted by atomic mass is 35.5. The van der Waals surface area contributed by atoms with Crippen LogP contribution in [0.3, 0.4) is 0 Å². The van der Waals surface area contributed by atoms with Gasteiger partial charge in [0.2, 0.25) is 0 Å². The van der Waals surface area contributed by atoms with E-state index in [0.717, 1.165) is 29.2 Å². The molecule has 3 rings (SSSR count). The standard InChI is InChI=1S/C16H20ClFN2/c1-11-3-2-4-13(9-11)20-15-6-5-12(18)10-14(15)19-16(20)7-8-17/h5-6,10-11,13H,2-4,7-9H2,1H3. The lowest BCUT2D eigenvalue weighted by atomic mass is 9.87. The van der Waals surface area contributed by atoms with E-state index in [0.29, 0.717) is 11.9 Å². The van der Waals surface area contributed by atoms with E-state index in [9.17, 15) is 4.39 Å². The fourth-order valence-electron chi connectivity index (χ4n) is 3.43. The third kappa shape index (κ3) is 2.56. The van der Waals surface area contributed by atoms with Crippen LogP contribution in [0.2, 0.25) is 0 Å². The van der Waals surface area contributed by atoms with Gasteiger partial charge in [-0.3, -0.25) is 0 Å². The number of nitrogens with zero attached hydrogens (tertiary/aromatic N) is 2. The van der Waals surface area contributed by atoms with Crippen LogP contribution in [0.4, 0.5) is 4.39 Å². The van der Waals surface area contributed by atoms with E-state index in [1.54, 1.807) is 0 Å². The molecule has 108 valence electrons. The van der Waals surface area contributed by atoms with Crippen molar-refractivity contribution in [2.75, 3.05) is 5.88 Å². The van der Waals surface area contributed by atoms with E-state index >= 15 is 0 Å². The summed E-state index contributed by atoms with van der Waals surface area (Å²) in [6.07, 6.45) is 5.67. The fourth-order valence-corrected chi connectivity index (χ4v) is 3.60. The normalized spacial score (nSPS) is 23.4. The predicted octanol–water partition coefficient (Wildman–Crippen LogP) is 4.71. The van der Waals surface area contributed by atoms with Gasteiger partial charge in [0.1, 0.15) is 11.6 Å². The van der Waals surface area contributed by atoms with E-state index in [-0.39, 0.29) is 5.82 Å². The van der Waals surface area contributed by atoms with Crippen molar-refractivity contribution in [3.8, 4) is 0 Å². The number of alkyl halides is 1. The molecule has 1 saturated carbocycles. The summed E-state index contributed by atoms with van der Waals surface area (Å²) in [6, 6.07) is 5.38. The van der Waals surface area contributed by atoms with Gasteiger partial charge in [-0.15, -0.1) is 11.6 Å². The molecule has 1 aromatic heterocycles.